The largest absolute Gasteiger partial charge is 0.508 e. The van der Waals surface area contributed by atoms with Crippen molar-refractivity contribution in [3.8, 4) is 5.75 Å². The molecule has 3 aromatic rings. The summed E-state index contributed by atoms with van der Waals surface area (Å²) in [6.07, 6.45) is 0.799. The van der Waals surface area contributed by atoms with Crippen LogP contribution in [0.4, 0.5) is 5.69 Å². The smallest absolute Gasteiger partial charge is 0.307 e. The van der Waals surface area contributed by atoms with Crippen LogP contribution in [0.5, 0.6) is 5.75 Å². The van der Waals surface area contributed by atoms with Crippen LogP contribution in [-0.2, 0) is 19.7 Å². The van der Waals surface area contributed by atoms with Crippen molar-refractivity contribution >= 4 is 28.5 Å². The molecule has 5 rings (SSSR count). The molecule has 0 aliphatic carbocycles. The van der Waals surface area contributed by atoms with Gasteiger partial charge in [-0.1, -0.05) is 24.3 Å². The first-order chi connectivity index (χ1) is 13.5. The number of aliphatic hydroxyl groups excluding tert-OH is 1. The van der Waals surface area contributed by atoms with Gasteiger partial charge in [-0.15, -0.1) is 0 Å². The minimum Gasteiger partial charge on any atom is -0.508 e. The number of anilines is 1. The number of fused-ring (bicyclic) bond motifs is 3. The van der Waals surface area contributed by atoms with Gasteiger partial charge in [0.1, 0.15) is 11.9 Å². The molecule has 2 aliphatic rings. The Morgan fingerprint density at radius 3 is 2.82 bits per heavy atom. The van der Waals surface area contributed by atoms with Gasteiger partial charge in [-0.05, 0) is 23.3 Å². The maximum atomic E-state index is 13.3. The molecule has 7 heteroatoms. The minimum atomic E-state index is -1.23. The number of aliphatic hydroxyl groups is 1. The van der Waals surface area contributed by atoms with Crippen LogP contribution in [0.25, 0.3) is 10.9 Å². The number of phenolic OH excluding ortho intramolecular Hbond substituents is 1. The van der Waals surface area contributed by atoms with Gasteiger partial charge in [-0.25, -0.2) is 0 Å². The molecule has 3 atom stereocenters. The van der Waals surface area contributed by atoms with E-state index in [0.29, 0.717) is 11.3 Å². The van der Waals surface area contributed by atoms with E-state index < -0.39 is 30.0 Å². The number of H-pyrrole nitrogens is 1. The molecule has 0 bridgehead atoms. The van der Waals surface area contributed by atoms with E-state index in [1.54, 1.807) is 6.07 Å². The average Bonchev–Trinajstić information content (AvgIpc) is 3.21. The Morgan fingerprint density at radius 2 is 2.00 bits per heavy atom. The van der Waals surface area contributed by atoms with E-state index in [9.17, 15) is 19.8 Å². The van der Waals surface area contributed by atoms with Crippen molar-refractivity contribution in [1.82, 2.24) is 4.98 Å². The fourth-order valence-electron chi connectivity index (χ4n) is 4.76. The molecule has 28 heavy (non-hydrogen) atoms. The van der Waals surface area contributed by atoms with Crippen LogP contribution in [0.3, 0.4) is 0 Å². The highest BCUT2D eigenvalue weighted by Crippen LogP contribution is 2.55. The number of amides is 1. The quantitative estimate of drug-likeness (QED) is 0.511. The summed E-state index contributed by atoms with van der Waals surface area (Å²) in [5.74, 6) is -1.43. The minimum absolute atomic E-state index is 0.0249. The highest BCUT2D eigenvalue weighted by molar-refractivity contribution is 6.10. The van der Waals surface area contributed by atoms with Crippen molar-refractivity contribution in [3.05, 3.63) is 59.8 Å². The number of aromatic hydroxyl groups is 1. The predicted octanol–water partition coefficient (Wildman–Crippen LogP) is 2.15. The van der Waals surface area contributed by atoms with Crippen molar-refractivity contribution < 1.29 is 24.5 Å². The molecule has 1 fully saturated rings. The average molecular weight is 378 g/mol. The fraction of sp³-hybridized carbons (Fsp3) is 0.238. The number of para-hydroxylation sites is 1. The van der Waals surface area contributed by atoms with Gasteiger partial charge in [-0.2, -0.15) is 0 Å². The van der Waals surface area contributed by atoms with E-state index in [1.165, 1.54) is 12.1 Å². The summed E-state index contributed by atoms with van der Waals surface area (Å²) in [6, 6.07) is 12.3. The molecule has 1 spiro atoms. The summed E-state index contributed by atoms with van der Waals surface area (Å²) in [5, 5.41) is 23.5. The lowest BCUT2D eigenvalue weighted by Crippen LogP contribution is -2.53. The number of aromatic amines is 1. The van der Waals surface area contributed by atoms with Crippen LogP contribution in [0, 0.1) is 0 Å². The van der Waals surface area contributed by atoms with Gasteiger partial charge in [-0.3, -0.25) is 9.59 Å². The molecular weight excluding hydrogens is 360 g/mol. The first-order valence-electron chi connectivity index (χ1n) is 9.06. The number of carbonyl (C=O) groups is 2. The lowest BCUT2D eigenvalue weighted by Gasteiger charge is -2.43. The van der Waals surface area contributed by atoms with Gasteiger partial charge in [0.05, 0.1) is 18.4 Å². The number of rotatable bonds is 2. The standard InChI is InChI=1S/C21H18N2O5/c24-10-17-19(13-9-22-15-4-2-1-3-12(13)15)21(8-18(26)28-17)14-6-5-11(25)7-16(14)23-20(21)27/h1-7,9,17,19,22,24-25H,8,10H2,(H,23,27)/t17-,19-,21-/m1/s1. The van der Waals surface area contributed by atoms with Crippen LogP contribution in [0.2, 0.25) is 0 Å². The molecule has 1 aromatic heterocycles. The van der Waals surface area contributed by atoms with E-state index in [2.05, 4.69) is 10.3 Å². The number of aromatic nitrogens is 1. The van der Waals surface area contributed by atoms with Gasteiger partial charge in [0.15, 0.2) is 0 Å². The lowest BCUT2D eigenvalue weighted by molar-refractivity contribution is -0.166. The van der Waals surface area contributed by atoms with Crippen molar-refractivity contribution in [2.75, 3.05) is 11.9 Å². The van der Waals surface area contributed by atoms with Gasteiger partial charge in [0.25, 0.3) is 0 Å². The maximum Gasteiger partial charge on any atom is 0.307 e. The first kappa shape index (κ1) is 16.8. The molecule has 7 nitrogen and oxygen atoms in total. The SMILES string of the molecule is O=C1C[C@]2(C(=O)Nc3cc(O)ccc32)[C@H](c2c[nH]c3ccccc23)[C@@H](CO)O1. The number of ether oxygens (including phenoxy) is 1. The number of carbonyl (C=O) groups excluding carboxylic acids is 2. The highest BCUT2D eigenvalue weighted by Gasteiger charge is 2.60. The van der Waals surface area contributed by atoms with Crippen molar-refractivity contribution in [2.45, 2.75) is 23.9 Å². The van der Waals surface area contributed by atoms with Gasteiger partial charge in [0, 0.05) is 34.8 Å². The summed E-state index contributed by atoms with van der Waals surface area (Å²) in [5.41, 5.74) is 1.57. The fourth-order valence-corrected chi connectivity index (χ4v) is 4.76. The third-order valence-corrected chi connectivity index (χ3v) is 5.88. The molecule has 0 unspecified atom stereocenters. The number of benzene rings is 2. The summed E-state index contributed by atoms with van der Waals surface area (Å²) in [7, 11) is 0. The van der Waals surface area contributed by atoms with E-state index in [0.717, 1.165) is 16.5 Å². The normalized spacial score (nSPS) is 26.3. The zero-order chi connectivity index (χ0) is 19.5. The number of nitrogens with one attached hydrogen (secondary N) is 2. The van der Waals surface area contributed by atoms with Crippen LogP contribution in [0.1, 0.15) is 23.5 Å². The van der Waals surface area contributed by atoms with Crippen molar-refractivity contribution in [1.29, 1.82) is 0 Å². The van der Waals surface area contributed by atoms with E-state index >= 15 is 0 Å². The molecule has 4 N–H and O–H groups in total. The second kappa shape index (κ2) is 5.84. The summed E-state index contributed by atoms with van der Waals surface area (Å²) < 4.78 is 5.46. The zero-order valence-electron chi connectivity index (χ0n) is 14.8. The lowest BCUT2D eigenvalue weighted by atomic mass is 9.63. The topological polar surface area (TPSA) is 112 Å². The third kappa shape index (κ3) is 2.13. The molecule has 0 radical (unpaired) electrons. The number of hydrogen-bond acceptors (Lipinski definition) is 5. The van der Waals surface area contributed by atoms with Crippen LogP contribution < -0.4 is 5.32 Å². The van der Waals surface area contributed by atoms with Gasteiger partial charge in [0.2, 0.25) is 5.91 Å². The van der Waals surface area contributed by atoms with E-state index in [4.69, 9.17) is 4.74 Å². The van der Waals surface area contributed by atoms with Crippen LogP contribution in [0.15, 0.2) is 48.7 Å². The number of phenols is 1. The molecule has 1 saturated heterocycles. The second-order valence-electron chi connectivity index (χ2n) is 7.31. The summed E-state index contributed by atoms with van der Waals surface area (Å²) in [4.78, 5) is 28.9. The Labute approximate surface area is 159 Å². The van der Waals surface area contributed by atoms with Crippen LogP contribution >= 0.6 is 0 Å². The number of cyclic esters (lactones) is 1. The second-order valence-corrected chi connectivity index (χ2v) is 7.31. The zero-order valence-corrected chi connectivity index (χ0v) is 14.8. The van der Waals surface area contributed by atoms with Gasteiger partial charge < -0.3 is 25.3 Å². The Balaban J connectivity index is 1.79. The molecular formula is C21H18N2O5. The number of esters is 1. The Morgan fingerprint density at radius 1 is 1.18 bits per heavy atom. The van der Waals surface area contributed by atoms with E-state index in [1.807, 2.05) is 30.5 Å². The molecule has 2 aliphatic heterocycles. The molecule has 2 aromatic carbocycles. The molecule has 0 saturated carbocycles. The monoisotopic (exact) mass is 378 g/mol. The third-order valence-electron chi connectivity index (χ3n) is 5.88. The summed E-state index contributed by atoms with van der Waals surface area (Å²) in [6.45, 7) is -0.404. The van der Waals surface area contributed by atoms with Crippen molar-refractivity contribution in [3.63, 3.8) is 0 Å². The summed E-state index contributed by atoms with van der Waals surface area (Å²) >= 11 is 0. The Kier molecular flexibility index (Phi) is 3.51. The van der Waals surface area contributed by atoms with E-state index in [-0.39, 0.29) is 18.1 Å². The maximum absolute atomic E-state index is 13.3. The molecule has 142 valence electrons. The van der Waals surface area contributed by atoms with Gasteiger partial charge >= 0.3 is 5.97 Å². The van der Waals surface area contributed by atoms with Crippen molar-refractivity contribution in [2.24, 2.45) is 0 Å². The Bertz CT molecular complexity index is 1120. The Hall–Kier alpha value is -3.32. The van der Waals surface area contributed by atoms with Crippen LogP contribution in [-0.4, -0.2) is 39.8 Å². The first-order valence-corrected chi connectivity index (χ1v) is 9.06. The number of hydrogen-bond donors (Lipinski definition) is 4. The molecule has 1 amide bonds. The molecule has 3 heterocycles. The predicted molar refractivity (Wildman–Crippen MR) is 101 cm³/mol. The highest BCUT2D eigenvalue weighted by atomic mass is 16.6.